The maximum Gasteiger partial charge on any atom is 0.311 e. The fourth-order valence-corrected chi connectivity index (χ4v) is 4.38. The fraction of sp³-hybridized carbons (Fsp3) is 0.350. The number of esters is 1. The molecule has 32 heavy (non-hydrogen) atoms. The Morgan fingerprint density at radius 2 is 2.06 bits per heavy atom. The number of rotatable bonds is 11. The second-order valence-electron chi connectivity index (χ2n) is 6.32. The minimum absolute atomic E-state index is 0.0770. The minimum Gasteiger partial charge on any atom is -0.484 e. The van der Waals surface area contributed by atoms with E-state index in [0.29, 0.717) is 45.7 Å². The molecule has 0 aliphatic rings. The number of nitrogens with one attached hydrogen (secondary N) is 1. The molecule has 2 aromatic heterocycles. The number of hydrogen-bond donors (Lipinski definition) is 1. The van der Waals surface area contributed by atoms with Crippen molar-refractivity contribution in [2.75, 3.05) is 17.7 Å². The molecule has 0 atom stereocenters. The summed E-state index contributed by atoms with van der Waals surface area (Å²) < 4.78 is 12.5. The first kappa shape index (κ1) is 24.0. The number of carbonyl (C=O) groups is 2. The predicted octanol–water partition coefficient (Wildman–Crippen LogP) is 3.82. The van der Waals surface area contributed by atoms with E-state index in [1.807, 2.05) is 23.6 Å². The molecule has 0 bridgehead atoms. The molecule has 170 valence electrons. The van der Waals surface area contributed by atoms with Gasteiger partial charge in [-0.1, -0.05) is 35.5 Å². The SMILES string of the molecule is CCOC(=O)Cc1csc(NC(=O)CSc2nnc(COc3ccccc3Cl)n2CC)n1. The Labute approximate surface area is 198 Å². The Bertz CT molecular complexity index is 1070. The lowest BCUT2D eigenvalue weighted by molar-refractivity contribution is -0.142. The monoisotopic (exact) mass is 495 g/mol. The number of benzene rings is 1. The van der Waals surface area contributed by atoms with Crippen LogP contribution in [0.1, 0.15) is 25.4 Å². The molecule has 0 radical (unpaired) electrons. The zero-order valence-corrected chi connectivity index (χ0v) is 19.9. The zero-order chi connectivity index (χ0) is 22.9. The average molecular weight is 496 g/mol. The molecule has 9 nitrogen and oxygen atoms in total. The highest BCUT2D eigenvalue weighted by atomic mass is 35.5. The van der Waals surface area contributed by atoms with Crippen LogP contribution in [-0.2, 0) is 33.9 Å². The van der Waals surface area contributed by atoms with Gasteiger partial charge in [0.1, 0.15) is 12.4 Å². The Hall–Kier alpha value is -2.63. The van der Waals surface area contributed by atoms with Gasteiger partial charge in [-0.2, -0.15) is 0 Å². The van der Waals surface area contributed by atoms with Crippen molar-refractivity contribution in [2.45, 2.75) is 38.6 Å². The van der Waals surface area contributed by atoms with E-state index in [1.54, 1.807) is 24.4 Å². The van der Waals surface area contributed by atoms with Crippen LogP contribution >= 0.6 is 34.7 Å². The van der Waals surface area contributed by atoms with Crippen LogP contribution in [0.3, 0.4) is 0 Å². The number of amides is 1. The lowest BCUT2D eigenvalue weighted by atomic mass is 10.3. The normalized spacial score (nSPS) is 10.7. The smallest absolute Gasteiger partial charge is 0.311 e. The van der Waals surface area contributed by atoms with Crippen molar-refractivity contribution >= 4 is 51.7 Å². The van der Waals surface area contributed by atoms with Crippen LogP contribution < -0.4 is 10.1 Å². The fourth-order valence-electron chi connectivity index (χ4n) is 2.65. The molecule has 12 heteroatoms. The molecule has 3 rings (SSSR count). The highest BCUT2D eigenvalue weighted by molar-refractivity contribution is 7.99. The van der Waals surface area contributed by atoms with Crippen molar-refractivity contribution in [3.63, 3.8) is 0 Å². The van der Waals surface area contributed by atoms with Crippen LogP contribution in [-0.4, -0.2) is 44.0 Å². The number of thioether (sulfide) groups is 1. The van der Waals surface area contributed by atoms with E-state index in [-0.39, 0.29) is 30.7 Å². The van der Waals surface area contributed by atoms with Gasteiger partial charge in [-0.3, -0.25) is 9.59 Å². The van der Waals surface area contributed by atoms with Gasteiger partial charge < -0.3 is 19.4 Å². The molecule has 0 saturated heterocycles. The van der Waals surface area contributed by atoms with E-state index in [9.17, 15) is 9.59 Å². The van der Waals surface area contributed by atoms with Crippen LogP contribution in [0.2, 0.25) is 5.02 Å². The van der Waals surface area contributed by atoms with Crippen LogP contribution in [0.15, 0.2) is 34.8 Å². The van der Waals surface area contributed by atoms with Gasteiger partial charge in [0.15, 0.2) is 16.1 Å². The third-order valence-corrected chi connectivity index (χ3v) is 6.15. The van der Waals surface area contributed by atoms with Crippen molar-refractivity contribution in [2.24, 2.45) is 0 Å². The van der Waals surface area contributed by atoms with Crippen LogP contribution in [0.25, 0.3) is 0 Å². The van der Waals surface area contributed by atoms with Gasteiger partial charge in [0.2, 0.25) is 5.91 Å². The summed E-state index contributed by atoms with van der Waals surface area (Å²) >= 11 is 8.64. The number of carbonyl (C=O) groups excluding carboxylic acids is 2. The third kappa shape index (κ3) is 6.68. The Morgan fingerprint density at radius 1 is 1.25 bits per heavy atom. The van der Waals surface area contributed by atoms with E-state index in [1.165, 1.54) is 23.1 Å². The van der Waals surface area contributed by atoms with Gasteiger partial charge in [-0.25, -0.2) is 4.98 Å². The first-order valence-electron chi connectivity index (χ1n) is 9.82. The van der Waals surface area contributed by atoms with Crippen LogP contribution in [0.4, 0.5) is 5.13 Å². The molecule has 0 saturated carbocycles. The van der Waals surface area contributed by atoms with Crippen molar-refractivity contribution in [3.05, 3.63) is 46.2 Å². The predicted molar refractivity (Wildman–Crippen MR) is 123 cm³/mol. The van der Waals surface area contributed by atoms with Crippen LogP contribution in [0.5, 0.6) is 5.75 Å². The van der Waals surface area contributed by atoms with Crippen molar-refractivity contribution in [1.29, 1.82) is 0 Å². The summed E-state index contributed by atoms with van der Waals surface area (Å²) in [6.07, 6.45) is 0.0770. The summed E-state index contributed by atoms with van der Waals surface area (Å²) in [4.78, 5) is 28.1. The molecule has 2 heterocycles. The number of hydrogen-bond acceptors (Lipinski definition) is 9. The van der Waals surface area contributed by atoms with E-state index < -0.39 is 0 Å². The topological polar surface area (TPSA) is 108 Å². The summed E-state index contributed by atoms with van der Waals surface area (Å²) in [6.45, 7) is 4.87. The molecule has 1 N–H and O–H groups in total. The van der Waals surface area contributed by atoms with Crippen molar-refractivity contribution in [1.82, 2.24) is 19.7 Å². The molecule has 3 aromatic rings. The Kier molecular flexibility index (Phi) is 8.89. The standard InChI is InChI=1S/C20H22ClN5O4S2/c1-3-26-16(10-30-15-8-6-5-7-14(15)21)24-25-20(26)32-12-17(27)23-19-22-13(11-31-19)9-18(28)29-4-2/h5-8,11H,3-4,9-10,12H2,1-2H3,(H,22,23,27). The lowest BCUT2D eigenvalue weighted by Gasteiger charge is -2.09. The summed E-state index contributed by atoms with van der Waals surface area (Å²) in [5.41, 5.74) is 0.560. The number of ether oxygens (including phenoxy) is 2. The van der Waals surface area contributed by atoms with Crippen molar-refractivity contribution in [3.8, 4) is 5.75 Å². The van der Waals surface area contributed by atoms with Gasteiger partial charge in [0, 0.05) is 11.9 Å². The van der Waals surface area contributed by atoms with Gasteiger partial charge in [-0.05, 0) is 26.0 Å². The third-order valence-electron chi connectivity index (χ3n) is 4.06. The van der Waals surface area contributed by atoms with E-state index in [2.05, 4.69) is 20.5 Å². The van der Waals surface area contributed by atoms with E-state index >= 15 is 0 Å². The first-order chi connectivity index (χ1) is 15.5. The van der Waals surface area contributed by atoms with Crippen molar-refractivity contribution < 1.29 is 19.1 Å². The maximum absolute atomic E-state index is 12.3. The van der Waals surface area contributed by atoms with Gasteiger partial charge in [-0.15, -0.1) is 21.5 Å². The van der Waals surface area contributed by atoms with E-state index in [4.69, 9.17) is 21.1 Å². The minimum atomic E-state index is -0.348. The van der Waals surface area contributed by atoms with Gasteiger partial charge in [0.05, 0.1) is 29.5 Å². The van der Waals surface area contributed by atoms with Gasteiger partial charge in [0.25, 0.3) is 0 Å². The number of para-hydroxylation sites is 1. The largest absolute Gasteiger partial charge is 0.484 e. The summed E-state index contributed by atoms with van der Waals surface area (Å²) in [6, 6.07) is 7.21. The van der Waals surface area contributed by atoms with E-state index in [0.717, 1.165) is 0 Å². The summed E-state index contributed by atoms with van der Waals surface area (Å²) in [5, 5.41) is 14.4. The number of thiazole rings is 1. The average Bonchev–Trinajstić information content (AvgIpc) is 3.37. The molecular formula is C20H22ClN5O4S2. The Balaban J connectivity index is 1.52. The maximum atomic E-state index is 12.3. The zero-order valence-electron chi connectivity index (χ0n) is 17.5. The second kappa shape index (κ2) is 11.8. The highest BCUT2D eigenvalue weighted by Gasteiger charge is 2.15. The van der Waals surface area contributed by atoms with Crippen LogP contribution in [0, 0.1) is 0 Å². The number of halogens is 1. The quantitative estimate of drug-likeness (QED) is 0.316. The highest BCUT2D eigenvalue weighted by Crippen LogP contribution is 2.25. The molecule has 1 amide bonds. The molecular weight excluding hydrogens is 474 g/mol. The molecule has 0 spiro atoms. The lowest BCUT2D eigenvalue weighted by Crippen LogP contribution is -2.15. The number of aromatic nitrogens is 4. The van der Waals surface area contributed by atoms with Gasteiger partial charge >= 0.3 is 5.97 Å². The molecule has 0 fully saturated rings. The number of anilines is 1. The Morgan fingerprint density at radius 3 is 2.81 bits per heavy atom. The molecule has 0 aliphatic heterocycles. The summed E-state index contributed by atoms with van der Waals surface area (Å²) in [5.74, 6) is 0.764. The first-order valence-corrected chi connectivity index (χ1v) is 12.1. The summed E-state index contributed by atoms with van der Waals surface area (Å²) in [7, 11) is 0. The molecule has 1 aromatic carbocycles. The molecule has 0 aliphatic carbocycles. The second-order valence-corrected chi connectivity index (χ2v) is 8.53. The molecule has 0 unspecified atom stereocenters. The number of nitrogens with zero attached hydrogens (tertiary/aromatic N) is 4.